The van der Waals surface area contributed by atoms with E-state index in [0.717, 1.165) is 5.56 Å². The number of aromatic carboxylic acids is 1. The zero-order valence-corrected chi connectivity index (χ0v) is 8.09. The maximum Gasteiger partial charge on any atom is 0.335 e. The lowest BCUT2D eigenvalue weighted by atomic mass is 9.87. The summed E-state index contributed by atoms with van der Waals surface area (Å²) in [7, 11) is 0. The number of hydrogen-bond donors (Lipinski definition) is 1. The average molecular weight is 179 g/mol. The molecule has 0 aliphatic heterocycles. The molecule has 0 saturated carbocycles. The third kappa shape index (κ3) is 2.31. The number of carboxylic acid groups (broad SMARTS) is 1. The van der Waals surface area contributed by atoms with Gasteiger partial charge in [0, 0.05) is 0 Å². The second-order valence-electron chi connectivity index (χ2n) is 4.05. The Morgan fingerprint density at radius 2 is 2.00 bits per heavy atom. The Morgan fingerprint density at radius 1 is 1.38 bits per heavy atom. The van der Waals surface area contributed by atoms with Crippen molar-refractivity contribution in [2.45, 2.75) is 26.2 Å². The summed E-state index contributed by atoms with van der Waals surface area (Å²) in [6.07, 6.45) is 0. The first-order valence-corrected chi connectivity index (χ1v) is 4.17. The van der Waals surface area contributed by atoms with Gasteiger partial charge in [-0.3, -0.25) is 0 Å². The number of hydrogen-bond acceptors (Lipinski definition) is 1. The summed E-state index contributed by atoms with van der Waals surface area (Å²) in [4.78, 5) is 10.7. The second kappa shape index (κ2) is 3.21. The van der Waals surface area contributed by atoms with Crippen LogP contribution >= 0.6 is 0 Å². The topological polar surface area (TPSA) is 37.3 Å². The van der Waals surface area contributed by atoms with Crippen molar-refractivity contribution in [3.8, 4) is 0 Å². The molecule has 0 atom stereocenters. The summed E-state index contributed by atoms with van der Waals surface area (Å²) in [5.74, 6) is -1.05. The largest absolute Gasteiger partial charge is 0.478 e. The fourth-order valence-corrected chi connectivity index (χ4v) is 1.02. The first kappa shape index (κ1) is 8.30. The summed E-state index contributed by atoms with van der Waals surface area (Å²) in [6, 6.07) is 4.95. The Bertz CT molecular complexity index is 364. The predicted octanol–water partition coefficient (Wildman–Crippen LogP) is 2.68. The fourth-order valence-electron chi connectivity index (χ4n) is 1.02. The van der Waals surface area contributed by atoms with Crippen molar-refractivity contribution in [3.63, 3.8) is 0 Å². The molecule has 0 bridgehead atoms. The first-order valence-electron chi connectivity index (χ1n) is 4.67. The molecule has 13 heavy (non-hydrogen) atoms. The molecule has 0 aliphatic carbocycles. The van der Waals surface area contributed by atoms with Gasteiger partial charge in [0.25, 0.3) is 0 Å². The van der Waals surface area contributed by atoms with Gasteiger partial charge in [0.15, 0.2) is 0 Å². The minimum Gasteiger partial charge on any atom is -0.478 e. The van der Waals surface area contributed by atoms with Gasteiger partial charge in [-0.05, 0) is 23.1 Å². The molecule has 2 nitrogen and oxygen atoms in total. The molecular formula is C11H14O2. The molecule has 70 valence electrons. The smallest absolute Gasteiger partial charge is 0.335 e. The highest BCUT2D eigenvalue weighted by Gasteiger charge is 2.13. The SMILES string of the molecule is [2H]c1cc(C(C)(C)C)ccc1C(=O)O. The molecule has 2 heteroatoms. The Hall–Kier alpha value is -1.31. The zero-order chi connectivity index (χ0) is 10.9. The van der Waals surface area contributed by atoms with Crippen LogP contribution in [-0.2, 0) is 5.41 Å². The van der Waals surface area contributed by atoms with Crippen LogP contribution in [0, 0.1) is 0 Å². The molecular weight excluding hydrogens is 164 g/mol. The van der Waals surface area contributed by atoms with E-state index in [2.05, 4.69) is 0 Å². The summed E-state index contributed by atoms with van der Waals surface area (Å²) in [5.41, 5.74) is 0.984. The summed E-state index contributed by atoms with van der Waals surface area (Å²) in [6.45, 7) is 6.09. The van der Waals surface area contributed by atoms with Gasteiger partial charge < -0.3 is 5.11 Å². The number of carbonyl (C=O) groups is 1. The Labute approximate surface area is 79.6 Å². The predicted molar refractivity (Wildman–Crippen MR) is 52.1 cm³/mol. The van der Waals surface area contributed by atoms with Crippen LogP contribution in [0.25, 0.3) is 0 Å². The van der Waals surface area contributed by atoms with Gasteiger partial charge in [-0.2, -0.15) is 0 Å². The third-order valence-corrected chi connectivity index (χ3v) is 1.91. The number of rotatable bonds is 1. The van der Waals surface area contributed by atoms with Crippen LogP contribution < -0.4 is 0 Å². The average Bonchev–Trinajstić information content (AvgIpc) is 2.01. The maximum atomic E-state index is 10.7. The number of benzene rings is 1. The summed E-state index contributed by atoms with van der Waals surface area (Å²) < 4.78 is 7.54. The van der Waals surface area contributed by atoms with Crippen molar-refractivity contribution in [2.24, 2.45) is 0 Å². The van der Waals surface area contributed by atoms with Gasteiger partial charge in [0.2, 0.25) is 0 Å². The van der Waals surface area contributed by atoms with Crippen molar-refractivity contribution in [2.75, 3.05) is 0 Å². The van der Waals surface area contributed by atoms with E-state index in [0.29, 0.717) is 0 Å². The normalized spacial score (nSPS) is 12.4. The van der Waals surface area contributed by atoms with E-state index < -0.39 is 5.97 Å². The summed E-state index contributed by atoms with van der Waals surface area (Å²) in [5, 5.41) is 8.74. The van der Waals surface area contributed by atoms with Gasteiger partial charge in [-0.1, -0.05) is 32.9 Å². The van der Waals surface area contributed by atoms with Gasteiger partial charge in [0.05, 0.1) is 6.93 Å². The lowest BCUT2D eigenvalue weighted by molar-refractivity contribution is 0.0697. The van der Waals surface area contributed by atoms with Crippen LogP contribution in [0.1, 0.15) is 38.1 Å². The standard InChI is InChI=1S/C11H14O2/c1-11(2,3)9-6-4-8(5-7-9)10(12)13/h4-7H,1-3H3,(H,12,13)/i4D. The highest BCUT2D eigenvalue weighted by Crippen LogP contribution is 2.21. The van der Waals surface area contributed by atoms with Crippen molar-refractivity contribution in [1.82, 2.24) is 0 Å². The quantitative estimate of drug-likeness (QED) is 0.719. The van der Waals surface area contributed by atoms with Crippen molar-refractivity contribution in [3.05, 3.63) is 35.4 Å². The molecule has 0 aromatic heterocycles. The van der Waals surface area contributed by atoms with E-state index >= 15 is 0 Å². The minimum atomic E-state index is -1.05. The first-order chi connectivity index (χ1) is 6.32. The van der Waals surface area contributed by atoms with Crippen LogP contribution in [0.2, 0.25) is 0 Å². The highest BCUT2D eigenvalue weighted by molar-refractivity contribution is 5.87. The van der Waals surface area contributed by atoms with Crippen molar-refractivity contribution < 1.29 is 11.3 Å². The molecule has 0 radical (unpaired) electrons. The molecule has 0 fully saturated rings. The molecule has 1 aromatic rings. The van der Waals surface area contributed by atoms with E-state index in [9.17, 15) is 4.79 Å². The highest BCUT2D eigenvalue weighted by atomic mass is 16.4. The maximum absolute atomic E-state index is 10.7. The minimum absolute atomic E-state index is 0.0488. The van der Waals surface area contributed by atoms with Gasteiger partial charge in [-0.15, -0.1) is 0 Å². The van der Waals surface area contributed by atoms with E-state index in [1.165, 1.54) is 6.07 Å². The van der Waals surface area contributed by atoms with Crippen LogP contribution in [-0.4, -0.2) is 11.1 Å². The summed E-state index contributed by atoms with van der Waals surface area (Å²) >= 11 is 0. The molecule has 0 saturated heterocycles. The molecule has 0 spiro atoms. The Morgan fingerprint density at radius 3 is 2.38 bits per heavy atom. The fraction of sp³-hybridized carbons (Fsp3) is 0.364. The Kier molecular flexibility index (Phi) is 2.05. The van der Waals surface area contributed by atoms with Crippen molar-refractivity contribution >= 4 is 5.97 Å². The molecule has 1 aromatic carbocycles. The molecule has 0 aliphatic rings. The van der Waals surface area contributed by atoms with E-state index in [-0.39, 0.29) is 17.0 Å². The molecule has 0 heterocycles. The van der Waals surface area contributed by atoms with Crippen LogP contribution in [0.4, 0.5) is 0 Å². The lowest BCUT2D eigenvalue weighted by Crippen LogP contribution is -2.11. The number of carboxylic acids is 1. The van der Waals surface area contributed by atoms with Gasteiger partial charge in [-0.25, -0.2) is 4.79 Å². The third-order valence-electron chi connectivity index (χ3n) is 1.91. The lowest BCUT2D eigenvalue weighted by Gasteiger charge is -2.18. The van der Waals surface area contributed by atoms with E-state index in [1.807, 2.05) is 20.8 Å². The molecule has 1 rings (SSSR count). The molecule has 0 unspecified atom stereocenters. The molecule has 1 N–H and O–H groups in total. The van der Waals surface area contributed by atoms with E-state index in [1.54, 1.807) is 12.1 Å². The monoisotopic (exact) mass is 179 g/mol. The van der Waals surface area contributed by atoms with Crippen LogP contribution in [0.5, 0.6) is 0 Å². The second-order valence-corrected chi connectivity index (χ2v) is 4.05. The van der Waals surface area contributed by atoms with E-state index in [4.69, 9.17) is 6.48 Å². The van der Waals surface area contributed by atoms with Crippen molar-refractivity contribution in [1.29, 1.82) is 0 Å². The zero-order valence-electron chi connectivity index (χ0n) is 9.09. The van der Waals surface area contributed by atoms with Gasteiger partial charge in [0.1, 0.15) is 0 Å². The van der Waals surface area contributed by atoms with Crippen LogP contribution in [0.3, 0.4) is 0 Å². The Balaban J connectivity index is 3.20. The van der Waals surface area contributed by atoms with Gasteiger partial charge >= 0.3 is 5.97 Å². The molecule has 0 amide bonds. The van der Waals surface area contributed by atoms with Crippen LogP contribution in [0.15, 0.2) is 24.2 Å².